The lowest BCUT2D eigenvalue weighted by Crippen LogP contribution is -2.03. The van der Waals surface area contributed by atoms with Crippen LogP contribution in [0.3, 0.4) is 0 Å². The van der Waals surface area contributed by atoms with Gasteiger partial charge in [-0.05, 0) is 25.3 Å². The fourth-order valence-electron chi connectivity index (χ4n) is 1.08. The van der Waals surface area contributed by atoms with E-state index in [0.29, 0.717) is 6.54 Å². The first kappa shape index (κ1) is 10.4. The third-order valence-electron chi connectivity index (χ3n) is 1.61. The molecule has 1 heteroatoms. The van der Waals surface area contributed by atoms with Gasteiger partial charge in [0.25, 0.3) is 0 Å². The lowest BCUT2D eigenvalue weighted by atomic mass is 10.0. The van der Waals surface area contributed by atoms with Gasteiger partial charge in [0, 0.05) is 6.54 Å². The molecule has 0 radical (unpaired) electrons. The summed E-state index contributed by atoms with van der Waals surface area (Å²) in [5.74, 6) is 0. The SMILES string of the molecule is CC.CC1=CC(CN)=CCC1. The highest BCUT2D eigenvalue weighted by atomic mass is 14.5. The molecule has 1 aliphatic carbocycles. The average molecular weight is 153 g/mol. The van der Waals surface area contributed by atoms with E-state index >= 15 is 0 Å². The van der Waals surface area contributed by atoms with Crippen LogP contribution in [0.2, 0.25) is 0 Å². The Morgan fingerprint density at radius 1 is 1.45 bits per heavy atom. The molecular weight excluding hydrogens is 134 g/mol. The molecule has 0 amide bonds. The maximum atomic E-state index is 5.45. The van der Waals surface area contributed by atoms with Crippen LogP contribution in [0.4, 0.5) is 0 Å². The van der Waals surface area contributed by atoms with E-state index in [-0.39, 0.29) is 0 Å². The first-order valence-electron chi connectivity index (χ1n) is 4.39. The Morgan fingerprint density at radius 3 is 2.45 bits per heavy atom. The summed E-state index contributed by atoms with van der Waals surface area (Å²) in [5.41, 5.74) is 8.20. The molecule has 0 aromatic carbocycles. The van der Waals surface area contributed by atoms with E-state index in [1.807, 2.05) is 13.8 Å². The molecule has 0 heterocycles. The zero-order chi connectivity index (χ0) is 8.69. The minimum Gasteiger partial charge on any atom is -0.327 e. The van der Waals surface area contributed by atoms with Crippen molar-refractivity contribution in [1.82, 2.24) is 0 Å². The lowest BCUT2D eigenvalue weighted by Gasteiger charge is -2.07. The minimum absolute atomic E-state index is 0.692. The van der Waals surface area contributed by atoms with Crippen molar-refractivity contribution in [3.05, 3.63) is 23.3 Å². The van der Waals surface area contributed by atoms with Gasteiger partial charge in [-0.3, -0.25) is 0 Å². The second kappa shape index (κ2) is 6.17. The van der Waals surface area contributed by atoms with Crippen LogP contribution in [0.5, 0.6) is 0 Å². The molecule has 0 atom stereocenters. The first-order chi connectivity index (χ1) is 5.33. The number of rotatable bonds is 1. The summed E-state index contributed by atoms with van der Waals surface area (Å²) >= 11 is 0. The minimum atomic E-state index is 0.692. The van der Waals surface area contributed by atoms with Gasteiger partial charge in [0.15, 0.2) is 0 Å². The zero-order valence-electron chi connectivity index (χ0n) is 7.85. The van der Waals surface area contributed by atoms with Gasteiger partial charge >= 0.3 is 0 Å². The molecular formula is C10H19N. The molecule has 1 rings (SSSR count). The van der Waals surface area contributed by atoms with Crippen molar-refractivity contribution in [1.29, 1.82) is 0 Å². The van der Waals surface area contributed by atoms with Crippen molar-refractivity contribution in [2.24, 2.45) is 5.73 Å². The van der Waals surface area contributed by atoms with Gasteiger partial charge in [0.2, 0.25) is 0 Å². The molecule has 1 aliphatic rings. The zero-order valence-corrected chi connectivity index (χ0v) is 7.85. The first-order valence-corrected chi connectivity index (χ1v) is 4.39. The van der Waals surface area contributed by atoms with E-state index in [9.17, 15) is 0 Å². The Morgan fingerprint density at radius 2 is 2.09 bits per heavy atom. The van der Waals surface area contributed by atoms with E-state index in [1.54, 1.807) is 0 Å². The number of hydrogen-bond acceptors (Lipinski definition) is 1. The van der Waals surface area contributed by atoms with Crippen LogP contribution in [0.1, 0.15) is 33.6 Å². The molecule has 11 heavy (non-hydrogen) atoms. The highest BCUT2D eigenvalue weighted by Crippen LogP contribution is 2.14. The summed E-state index contributed by atoms with van der Waals surface area (Å²) in [5, 5.41) is 0. The predicted molar refractivity (Wildman–Crippen MR) is 51.5 cm³/mol. The Hall–Kier alpha value is -0.560. The third kappa shape index (κ3) is 3.99. The fourth-order valence-corrected chi connectivity index (χ4v) is 1.08. The third-order valence-corrected chi connectivity index (χ3v) is 1.61. The van der Waals surface area contributed by atoms with Gasteiger partial charge in [0.05, 0.1) is 0 Å². The maximum Gasteiger partial charge on any atom is 0.0174 e. The largest absolute Gasteiger partial charge is 0.327 e. The molecule has 64 valence electrons. The Kier molecular flexibility index (Phi) is 5.86. The van der Waals surface area contributed by atoms with Crippen molar-refractivity contribution in [2.75, 3.05) is 6.54 Å². The second-order valence-electron chi connectivity index (χ2n) is 2.51. The maximum absolute atomic E-state index is 5.45. The molecule has 0 aromatic rings. The van der Waals surface area contributed by atoms with Gasteiger partial charge in [-0.15, -0.1) is 0 Å². The van der Waals surface area contributed by atoms with Crippen LogP contribution in [0.15, 0.2) is 23.3 Å². The van der Waals surface area contributed by atoms with Gasteiger partial charge < -0.3 is 5.73 Å². The van der Waals surface area contributed by atoms with E-state index < -0.39 is 0 Å². The Bertz CT molecular complexity index is 154. The summed E-state index contributed by atoms with van der Waals surface area (Å²) in [6.45, 7) is 6.85. The summed E-state index contributed by atoms with van der Waals surface area (Å²) < 4.78 is 0. The van der Waals surface area contributed by atoms with Gasteiger partial charge in [-0.1, -0.05) is 31.6 Å². The van der Waals surface area contributed by atoms with E-state index in [2.05, 4.69) is 19.1 Å². The van der Waals surface area contributed by atoms with Crippen molar-refractivity contribution < 1.29 is 0 Å². The Balaban J connectivity index is 0.000000461. The smallest absolute Gasteiger partial charge is 0.0174 e. The topological polar surface area (TPSA) is 26.0 Å². The average Bonchev–Trinajstić information content (AvgIpc) is 2.08. The van der Waals surface area contributed by atoms with Crippen LogP contribution in [0.25, 0.3) is 0 Å². The van der Waals surface area contributed by atoms with Crippen LogP contribution in [-0.4, -0.2) is 6.54 Å². The normalized spacial score (nSPS) is 16.0. The van der Waals surface area contributed by atoms with Crippen LogP contribution in [-0.2, 0) is 0 Å². The van der Waals surface area contributed by atoms with Crippen molar-refractivity contribution >= 4 is 0 Å². The predicted octanol–water partition coefficient (Wildman–Crippen LogP) is 2.64. The monoisotopic (exact) mass is 153 g/mol. The molecule has 0 unspecified atom stereocenters. The molecule has 1 nitrogen and oxygen atoms in total. The quantitative estimate of drug-likeness (QED) is 0.615. The van der Waals surface area contributed by atoms with Crippen molar-refractivity contribution in [2.45, 2.75) is 33.6 Å². The number of nitrogens with two attached hydrogens (primary N) is 1. The van der Waals surface area contributed by atoms with Crippen LogP contribution in [0, 0.1) is 0 Å². The summed E-state index contributed by atoms with van der Waals surface area (Å²) in [6.07, 6.45) is 6.79. The molecule has 2 N–H and O–H groups in total. The molecule has 0 bridgehead atoms. The lowest BCUT2D eigenvalue weighted by molar-refractivity contribution is 0.932. The molecule has 0 spiro atoms. The second-order valence-corrected chi connectivity index (χ2v) is 2.51. The van der Waals surface area contributed by atoms with Gasteiger partial charge in [0.1, 0.15) is 0 Å². The molecule has 0 saturated carbocycles. The summed E-state index contributed by atoms with van der Waals surface area (Å²) in [6, 6.07) is 0. The number of hydrogen-bond donors (Lipinski definition) is 1. The standard InChI is InChI=1S/C8H13N.C2H6/c1-7-3-2-4-8(5-7)6-9;1-2/h4-5H,2-3,6,9H2,1H3;1-2H3. The van der Waals surface area contributed by atoms with E-state index in [1.165, 1.54) is 24.0 Å². The van der Waals surface area contributed by atoms with Gasteiger partial charge in [-0.25, -0.2) is 0 Å². The summed E-state index contributed by atoms with van der Waals surface area (Å²) in [7, 11) is 0. The van der Waals surface area contributed by atoms with Crippen molar-refractivity contribution in [3.63, 3.8) is 0 Å². The highest BCUT2D eigenvalue weighted by molar-refractivity contribution is 5.27. The van der Waals surface area contributed by atoms with E-state index in [0.717, 1.165) is 0 Å². The van der Waals surface area contributed by atoms with Crippen LogP contribution < -0.4 is 5.73 Å². The number of allylic oxidation sites excluding steroid dienone is 2. The van der Waals surface area contributed by atoms with Crippen LogP contribution >= 0.6 is 0 Å². The molecule has 0 aromatic heterocycles. The van der Waals surface area contributed by atoms with E-state index in [4.69, 9.17) is 5.73 Å². The summed E-state index contributed by atoms with van der Waals surface area (Å²) in [4.78, 5) is 0. The molecule has 0 aliphatic heterocycles. The molecule has 0 saturated heterocycles. The van der Waals surface area contributed by atoms with Gasteiger partial charge in [-0.2, -0.15) is 0 Å². The fraction of sp³-hybridized carbons (Fsp3) is 0.600. The molecule has 0 fully saturated rings. The Labute approximate surface area is 70.0 Å². The van der Waals surface area contributed by atoms with Crippen molar-refractivity contribution in [3.8, 4) is 0 Å². The highest BCUT2D eigenvalue weighted by Gasteiger charge is 1.97.